The van der Waals surface area contributed by atoms with Crippen LogP contribution in [0, 0.1) is 11.6 Å². The van der Waals surface area contributed by atoms with E-state index in [0.29, 0.717) is 30.9 Å². The van der Waals surface area contributed by atoms with Crippen molar-refractivity contribution in [1.82, 2.24) is 10.2 Å². The topological polar surface area (TPSA) is 65.0 Å². The number of likely N-dealkylation sites (tertiary alicyclic amines) is 1. The Hall–Kier alpha value is -2.06. The van der Waals surface area contributed by atoms with Crippen molar-refractivity contribution in [3.05, 3.63) is 65.2 Å². The Morgan fingerprint density at radius 1 is 1.03 bits per heavy atom. The molecule has 1 heterocycles. The number of piperidine rings is 1. The molecule has 2 aromatic carbocycles. The van der Waals surface area contributed by atoms with Crippen LogP contribution in [0.25, 0.3) is 0 Å². The minimum Gasteiger partial charge on any atom is -0.491 e. The van der Waals surface area contributed by atoms with Crippen LogP contribution in [0.5, 0.6) is 5.75 Å². The maximum absolute atomic E-state index is 13.2. The second kappa shape index (κ2) is 10.6. The van der Waals surface area contributed by atoms with Crippen molar-refractivity contribution >= 4 is 0 Å². The summed E-state index contributed by atoms with van der Waals surface area (Å²) in [6, 6.07) is 11.4. The molecule has 158 valence electrons. The number of nitrogens with zero attached hydrogens (tertiary/aromatic N) is 1. The fraction of sp³-hybridized carbons (Fsp3) is 0.455. The molecule has 1 saturated heterocycles. The summed E-state index contributed by atoms with van der Waals surface area (Å²) in [5, 5.41) is 22.9. The Kier molecular flexibility index (Phi) is 7.94. The highest BCUT2D eigenvalue weighted by molar-refractivity contribution is 5.28. The predicted octanol–water partition coefficient (Wildman–Crippen LogP) is 2.45. The zero-order chi connectivity index (χ0) is 20.6. The first-order chi connectivity index (χ1) is 14.0. The van der Waals surface area contributed by atoms with Gasteiger partial charge in [0.15, 0.2) is 11.6 Å². The average molecular weight is 406 g/mol. The molecule has 0 unspecified atom stereocenters. The highest BCUT2D eigenvalue weighted by Crippen LogP contribution is 2.15. The van der Waals surface area contributed by atoms with Crippen molar-refractivity contribution < 1.29 is 23.7 Å². The van der Waals surface area contributed by atoms with Gasteiger partial charge in [0.05, 0.1) is 6.10 Å². The van der Waals surface area contributed by atoms with E-state index >= 15 is 0 Å². The summed E-state index contributed by atoms with van der Waals surface area (Å²) in [5.41, 5.74) is 1.66. The fourth-order valence-corrected chi connectivity index (χ4v) is 3.39. The zero-order valence-corrected chi connectivity index (χ0v) is 16.4. The second-order valence-corrected chi connectivity index (χ2v) is 7.50. The summed E-state index contributed by atoms with van der Waals surface area (Å²) in [6.07, 6.45) is 0.666. The van der Waals surface area contributed by atoms with Gasteiger partial charge in [0, 0.05) is 32.7 Å². The number of halogens is 2. The fourth-order valence-electron chi connectivity index (χ4n) is 3.39. The van der Waals surface area contributed by atoms with Crippen LogP contribution in [0.15, 0.2) is 42.5 Å². The Balaban J connectivity index is 1.41. The molecule has 5 nitrogen and oxygen atoms in total. The van der Waals surface area contributed by atoms with Crippen LogP contribution in [0.1, 0.15) is 24.0 Å². The smallest absolute Gasteiger partial charge is 0.159 e. The minimum atomic E-state index is -0.848. The van der Waals surface area contributed by atoms with E-state index in [-0.39, 0.29) is 12.7 Å². The SMILES string of the molecule is OC1CCN(C[C@H](O)COc2cccc(CNCc3ccc(F)c(F)c3)c2)CC1. The van der Waals surface area contributed by atoms with Crippen LogP contribution >= 0.6 is 0 Å². The number of aliphatic hydroxyl groups excluding tert-OH is 2. The van der Waals surface area contributed by atoms with E-state index in [0.717, 1.165) is 37.6 Å². The van der Waals surface area contributed by atoms with Gasteiger partial charge in [-0.15, -0.1) is 0 Å². The number of hydrogen-bond donors (Lipinski definition) is 3. The molecule has 3 N–H and O–H groups in total. The quantitative estimate of drug-likeness (QED) is 0.597. The van der Waals surface area contributed by atoms with Crippen molar-refractivity contribution in [2.24, 2.45) is 0 Å². The molecule has 0 bridgehead atoms. The van der Waals surface area contributed by atoms with Crippen LogP contribution < -0.4 is 10.1 Å². The molecule has 1 fully saturated rings. The number of benzene rings is 2. The Morgan fingerprint density at radius 3 is 2.48 bits per heavy atom. The van der Waals surface area contributed by atoms with E-state index in [4.69, 9.17) is 4.74 Å². The summed E-state index contributed by atoms with van der Waals surface area (Å²) in [7, 11) is 0. The Morgan fingerprint density at radius 2 is 1.76 bits per heavy atom. The van der Waals surface area contributed by atoms with Crippen LogP contribution in [0.4, 0.5) is 8.78 Å². The molecule has 0 aromatic heterocycles. The third-order valence-electron chi connectivity index (χ3n) is 5.01. The highest BCUT2D eigenvalue weighted by atomic mass is 19.2. The number of hydrogen-bond acceptors (Lipinski definition) is 5. The summed E-state index contributed by atoms with van der Waals surface area (Å²) < 4.78 is 31.9. The molecular weight excluding hydrogens is 378 g/mol. The summed E-state index contributed by atoms with van der Waals surface area (Å²) in [5.74, 6) is -1.03. The lowest BCUT2D eigenvalue weighted by atomic mass is 10.1. The molecule has 1 aliphatic rings. The van der Waals surface area contributed by atoms with Gasteiger partial charge in [0.1, 0.15) is 18.5 Å². The first-order valence-electron chi connectivity index (χ1n) is 9.94. The van der Waals surface area contributed by atoms with Gasteiger partial charge in [-0.1, -0.05) is 18.2 Å². The number of rotatable bonds is 9. The molecule has 29 heavy (non-hydrogen) atoms. The van der Waals surface area contributed by atoms with Gasteiger partial charge in [-0.2, -0.15) is 0 Å². The van der Waals surface area contributed by atoms with E-state index in [2.05, 4.69) is 10.2 Å². The van der Waals surface area contributed by atoms with Gasteiger partial charge >= 0.3 is 0 Å². The lowest BCUT2D eigenvalue weighted by Gasteiger charge is -2.30. The van der Waals surface area contributed by atoms with Gasteiger partial charge < -0.3 is 25.2 Å². The predicted molar refractivity (Wildman–Crippen MR) is 107 cm³/mol. The first-order valence-corrected chi connectivity index (χ1v) is 9.94. The third-order valence-corrected chi connectivity index (χ3v) is 5.01. The van der Waals surface area contributed by atoms with E-state index in [9.17, 15) is 19.0 Å². The third kappa shape index (κ3) is 7.04. The molecule has 3 rings (SSSR count). The number of ether oxygens (including phenoxy) is 1. The second-order valence-electron chi connectivity index (χ2n) is 7.50. The molecule has 0 saturated carbocycles. The van der Waals surface area contributed by atoms with Crippen LogP contribution in [0.3, 0.4) is 0 Å². The normalized spacial score (nSPS) is 16.7. The number of nitrogens with one attached hydrogen (secondary N) is 1. The van der Waals surface area contributed by atoms with Gasteiger partial charge in [0.2, 0.25) is 0 Å². The standard InChI is InChI=1S/C22H28F2N2O3/c23-21-5-4-17(11-22(21)24)13-25-12-16-2-1-3-20(10-16)29-15-19(28)14-26-8-6-18(27)7-9-26/h1-5,10-11,18-19,25,27-28H,6-9,12-15H2/t19-/m0/s1. The van der Waals surface area contributed by atoms with Crippen molar-refractivity contribution in [1.29, 1.82) is 0 Å². The van der Waals surface area contributed by atoms with Crippen LogP contribution in [-0.4, -0.2) is 53.6 Å². The first kappa shape index (κ1) is 21.6. The molecule has 0 spiro atoms. The largest absolute Gasteiger partial charge is 0.491 e. The van der Waals surface area contributed by atoms with Crippen LogP contribution in [0.2, 0.25) is 0 Å². The summed E-state index contributed by atoms with van der Waals surface area (Å²) in [4.78, 5) is 2.14. The van der Waals surface area contributed by atoms with E-state index in [1.54, 1.807) is 6.07 Å². The van der Waals surface area contributed by atoms with Gasteiger partial charge in [-0.3, -0.25) is 0 Å². The zero-order valence-electron chi connectivity index (χ0n) is 16.4. The van der Waals surface area contributed by atoms with Gasteiger partial charge in [0.25, 0.3) is 0 Å². The average Bonchev–Trinajstić information content (AvgIpc) is 2.71. The molecule has 0 amide bonds. The lowest BCUT2D eigenvalue weighted by molar-refractivity contribution is 0.0337. The van der Waals surface area contributed by atoms with E-state index in [1.807, 2.05) is 24.3 Å². The van der Waals surface area contributed by atoms with E-state index in [1.165, 1.54) is 6.07 Å². The molecule has 0 radical (unpaired) electrons. The van der Waals surface area contributed by atoms with Crippen molar-refractivity contribution in [3.63, 3.8) is 0 Å². The summed E-state index contributed by atoms with van der Waals surface area (Å²) in [6.45, 7) is 3.28. The van der Waals surface area contributed by atoms with Gasteiger partial charge in [-0.25, -0.2) is 8.78 Å². The maximum atomic E-state index is 13.2. The van der Waals surface area contributed by atoms with Gasteiger partial charge in [-0.05, 0) is 48.2 Å². The highest BCUT2D eigenvalue weighted by Gasteiger charge is 2.19. The lowest BCUT2D eigenvalue weighted by Crippen LogP contribution is -2.41. The van der Waals surface area contributed by atoms with Crippen molar-refractivity contribution in [2.45, 2.75) is 38.1 Å². The summed E-state index contributed by atoms with van der Waals surface area (Å²) >= 11 is 0. The Bertz CT molecular complexity index is 782. The van der Waals surface area contributed by atoms with E-state index < -0.39 is 17.7 Å². The molecular formula is C22H28F2N2O3. The van der Waals surface area contributed by atoms with Crippen molar-refractivity contribution in [3.8, 4) is 5.75 Å². The molecule has 2 aromatic rings. The minimum absolute atomic E-state index is 0.199. The number of aliphatic hydroxyl groups is 2. The Labute approximate surface area is 169 Å². The number of β-amino-alcohol motifs (C(OH)–C–C–N with tert-alkyl or cyclic N) is 1. The monoisotopic (exact) mass is 406 g/mol. The molecule has 1 aliphatic heterocycles. The molecule has 7 heteroatoms. The molecule has 1 atom stereocenters. The van der Waals surface area contributed by atoms with Crippen molar-refractivity contribution in [2.75, 3.05) is 26.2 Å². The molecule has 0 aliphatic carbocycles. The maximum Gasteiger partial charge on any atom is 0.159 e. The van der Waals surface area contributed by atoms with Crippen LogP contribution in [-0.2, 0) is 13.1 Å².